The maximum absolute atomic E-state index is 14.2. The molecule has 2 aromatic heterocycles. The van der Waals surface area contributed by atoms with Crippen molar-refractivity contribution in [3.8, 4) is 0 Å². The zero-order valence-corrected chi connectivity index (χ0v) is 25.2. The number of benzene rings is 3. The smallest absolute Gasteiger partial charge is 0.253 e. The molecule has 0 aliphatic carbocycles. The van der Waals surface area contributed by atoms with Crippen LogP contribution >= 0.6 is 0 Å². The number of imidazole rings is 1. The predicted octanol–water partition coefficient (Wildman–Crippen LogP) is 6.80. The number of piperidine rings is 1. The molecule has 0 saturated carbocycles. The van der Waals surface area contributed by atoms with Crippen LogP contribution < -0.4 is 0 Å². The first kappa shape index (κ1) is 30.4. The number of likely N-dealkylation sites (tertiary alicyclic amines) is 1. The number of Topliss-reactive ketones (excluding diaryl/α,β-unsaturated/α-hetero) is 1. The summed E-state index contributed by atoms with van der Waals surface area (Å²) in [6.45, 7) is 3.05. The molecule has 1 atom stereocenters. The third kappa shape index (κ3) is 6.88. The standard InChI is InChI=1S/C36H36F2N4O3/c1-40(36(44)27-7-3-2-4-8-27)23-29(28-11-12-30(37)31(38)21-28)15-19-41-17-13-26(14-18-41)34(43)35-39-32-9-5-6-10-33(32)42(35)22-25-16-20-45-24-25/h2-12,16,20-21,24,26,29H,13-15,17-19,22-23H2,1H3. The zero-order chi connectivity index (χ0) is 31.3. The van der Waals surface area contributed by atoms with Crippen molar-refractivity contribution in [3.05, 3.63) is 126 Å². The van der Waals surface area contributed by atoms with Crippen molar-refractivity contribution in [1.82, 2.24) is 19.4 Å². The number of rotatable bonds is 11. The second kappa shape index (κ2) is 13.6. The Labute approximate surface area is 261 Å². The van der Waals surface area contributed by atoms with Crippen LogP contribution in [0.1, 0.15) is 57.3 Å². The maximum Gasteiger partial charge on any atom is 0.253 e. The van der Waals surface area contributed by atoms with Crippen molar-refractivity contribution in [3.63, 3.8) is 0 Å². The zero-order valence-electron chi connectivity index (χ0n) is 25.2. The molecular formula is C36H36F2N4O3. The van der Waals surface area contributed by atoms with Gasteiger partial charge >= 0.3 is 0 Å². The van der Waals surface area contributed by atoms with Gasteiger partial charge in [-0.05, 0) is 86.9 Å². The Morgan fingerprint density at radius 1 is 0.978 bits per heavy atom. The van der Waals surface area contributed by atoms with Gasteiger partial charge in [0.2, 0.25) is 5.78 Å². The second-order valence-electron chi connectivity index (χ2n) is 11.8. The fraction of sp³-hybridized carbons (Fsp3) is 0.306. The number of fused-ring (bicyclic) bond motifs is 1. The topological polar surface area (TPSA) is 71.6 Å². The highest BCUT2D eigenvalue weighted by Gasteiger charge is 2.30. The Morgan fingerprint density at radius 2 is 1.73 bits per heavy atom. The Hall–Kier alpha value is -4.63. The van der Waals surface area contributed by atoms with Crippen LogP contribution in [-0.4, -0.2) is 64.3 Å². The van der Waals surface area contributed by atoms with Gasteiger partial charge in [0, 0.05) is 36.6 Å². The number of ketones is 1. The molecule has 5 aromatic rings. The lowest BCUT2D eigenvalue weighted by atomic mass is 9.90. The largest absolute Gasteiger partial charge is 0.472 e. The highest BCUT2D eigenvalue weighted by atomic mass is 19.2. The molecule has 0 spiro atoms. The lowest BCUT2D eigenvalue weighted by Gasteiger charge is -2.33. The number of furan rings is 1. The van der Waals surface area contributed by atoms with Gasteiger partial charge in [0.25, 0.3) is 5.91 Å². The lowest BCUT2D eigenvalue weighted by molar-refractivity contribution is 0.0779. The van der Waals surface area contributed by atoms with Crippen LogP contribution in [0.5, 0.6) is 0 Å². The number of hydrogen-bond acceptors (Lipinski definition) is 5. The van der Waals surface area contributed by atoms with Crippen molar-refractivity contribution in [2.24, 2.45) is 5.92 Å². The fourth-order valence-corrected chi connectivity index (χ4v) is 6.27. The van der Waals surface area contributed by atoms with Crippen LogP contribution in [0.4, 0.5) is 8.78 Å². The Kier molecular flexibility index (Phi) is 9.16. The number of aromatic nitrogens is 2. The molecule has 0 N–H and O–H groups in total. The highest BCUT2D eigenvalue weighted by Crippen LogP contribution is 2.28. The normalized spacial score (nSPS) is 14.9. The summed E-state index contributed by atoms with van der Waals surface area (Å²) in [5.41, 5.74) is 3.91. The number of carbonyl (C=O) groups excluding carboxylic acids is 2. The number of nitrogens with zero attached hydrogens (tertiary/aromatic N) is 4. The van der Waals surface area contributed by atoms with Crippen LogP contribution in [0.25, 0.3) is 11.0 Å². The third-order valence-corrected chi connectivity index (χ3v) is 8.82. The van der Waals surface area contributed by atoms with E-state index >= 15 is 0 Å². The van der Waals surface area contributed by atoms with Crippen molar-refractivity contribution in [2.45, 2.75) is 31.7 Å². The van der Waals surface area contributed by atoms with Crippen LogP contribution in [0.2, 0.25) is 0 Å². The van der Waals surface area contributed by atoms with E-state index in [9.17, 15) is 18.4 Å². The molecule has 1 saturated heterocycles. The molecule has 1 unspecified atom stereocenters. The van der Waals surface area contributed by atoms with E-state index in [2.05, 4.69) is 4.90 Å². The summed E-state index contributed by atoms with van der Waals surface area (Å²) in [7, 11) is 1.74. The summed E-state index contributed by atoms with van der Waals surface area (Å²) in [4.78, 5) is 35.6. The molecule has 3 heterocycles. The van der Waals surface area contributed by atoms with E-state index in [-0.39, 0.29) is 23.5 Å². The van der Waals surface area contributed by atoms with Gasteiger partial charge in [0.1, 0.15) is 0 Å². The number of para-hydroxylation sites is 2. The van der Waals surface area contributed by atoms with Gasteiger partial charge in [-0.2, -0.15) is 0 Å². The van der Waals surface area contributed by atoms with Crippen molar-refractivity contribution in [2.75, 3.05) is 33.2 Å². The summed E-state index contributed by atoms with van der Waals surface area (Å²) in [6, 6.07) is 22.7. The van der Waals surface area contributed by atoms with Gasteiger partial charge in [-0.1, -0.05) is 36.4 Å². The highest BCUT2D eigenvalue weighted by molar-refractivity contribution is 5.98. The molecule has 3 aromatic carbocycles. The van der Waals surface area contributed by atoms with Gasteiger partial charge in [-0.15, -0.1) is 0 Å². The van der Waals surface area contributed by atoms with Crippen LogP contribution in [0, 0.1) is 17.6 Å². The van der Waals surface area contributed by atoms with E-state index in [0.717, 1.165) is 35.8 Å². The summed E-state index contributed by atoms with van der Waals surface area (Å²) < 4.78 is 35.3. The van der Waals surface area contributed by atoms with Crippen molar-refractivity contribution in [1.29, 1.82) is 0 Å². The Bertz CT molecular complexity index is 1760. The minimum atomic E-state index is -0.896. The fourth-order valence-electron chi connectivity index (χ4n) is 6.27. The molecule has 9 heteroatoms. The molecule has 1 aliphatic rings. The van der Waals surface area contributed by atoms with E-state index in [1.165, 1.54) is 6.07 Å². The first-order valence-corrected chi connectivity index (χ1v) is 15.4. The quantitative estimate of drug-likeness (QED) is 0.154. The number of carbonyl (C=O) groups is 2. The maximum atomic E-state index is 14.2. The van der Waals surface area contributed by atoms with Gasteiger partial charge in [0.05, 0.1) is 30.1 Å². The summed E-state index contributed by atoms with van der Waals surface area (Å²) in [6.07, 6.45) is 5.37. The van der Waals surface area contributed by atoms with E-state index in [0.29, 0.717) is 55.8 Å². The molecule has 0 radical (unpaired) electrons. The lowest BCUT2D eigenvalue weighted by Crippen LogP contribution is -2.38. The molecule has 1 fully saturated rings. The molecule has 7 nitrogen and oxygen atoms in total. The van der Waals surface area contributed by atoms with Crippen molar-refractivity contribution < 1.29 is 22.8 Å². The van der Waals surface area contributed by atoms with Gasteiger partial charge in [-0.25, -0.2) is 13.8 Å². The van der Waals surface area contributed by atoms with Crippen LogP contribution in [0.3, 0.4) is 0 Å². The average molecular weight is 611 g/mol. The van der Waals surface area contributed by atoms with Gasteiger partial charge in [0.15, 0.2) is 17.5 Å². The number of amides is 1. The number of halogens is 2. The minimum absolute atomic E-state index is 0.0510. The van der Waals surface area contributed by atoms with E-state index in [1.807, 2.05) is 53.1 Å². The number of hydrogen-bond donors (Lipinski definition) is 0. The Morgan fingerprint density at radius 3 is 2.47 bits per heavy atom. The minimum Gasteiger partial charge on any atom is -0.472 e. The molecule has 1 amide bonds. The van der Waals surface area contributed by atoms with Gasteiger partial charge in [-0.3, -0.25) is 9.59 Å². The predicted molar refractivity (Wildman–Crippen MR) is 168 cm³/mol. The first-order valence-electron chi connectivity index (χ1n) is 15.4. The molecular weight excluding hydrogens is 574 g/mol. The Balaban J connectivity index is 1.11. The van der Waals surface area contributed by atoms with E-state index < -0.39 is 11.6 Å². The molecule has 45 heavy (non-hydrogen) atoms. The van der Waals surface area contributed by atoms with Crippen LogP contribution in [0.15, 0.2) is 95.8 Å². The molecule has 0 bridgehead atoms. The van der Waals surface area contributed by atoms with Crippen LogP contribution in [-0.2, 0) is 6.54 Å². The average Bonchev–Trinajstić information content (AvgIpc) is 3.72. The summed E-state index contributed by atoms with van der Waals surface area (Å²) in [5, 5.41) is 0. The molecule has 1 aliphatic heterocycles. The van der Waals surface area contributed by atoms with E-state index in [1.54, 1.807) is 42.7 Å². The summed E-state index contributed by atoms with van der Waals surface area (Å²) >= 11 is 0. The van der Waals surface area contributed by atoms with E-state index in [4.69, 9.17) is 9.40 Å². The molecule has 6 rings (SSSR count). The summed E-state index contributed by atoms with van der Waals surface area (Å²) in [5.74, 6) is -1.72. The monoisotopic (exact) mass is 610 g/mol. The second-order valence-corrected chi connectivity index (χ2v) is 11.8. The SMILES string of the molecule is CN(CC(CCN1CCC(C(=O)c2nc3ccccc3n2Cc2ccoc2)CC1)c1ccc(F)c(F)c1)C(=O)c1ccccc1. The number of likely N-dealkylation sites (N-methyl/N-ethyl adjacent to an activating group) is 1. The first-order chi connectivity index (χ1) is 21.9. The van der Waals surface area contributed by atoms with Crippen molar-refractivity contribution >= 4 is 22.7 Å². The third-order valence-electron chi connectivity index (χ3n) is 8.82. The molecule has 232 valence electrons. The van der Waals surface area contributed by atoms with Gasteiger partial charge < -0.3 is 18.8 Å².